The quantitative estimate of drug-likeness (QED) is 0.534. The number of pyridine rings is 1. The molecule has 2 aromatic heterocycles. The van der Waals surface area contributed by atoms with Crippen LogP contribution in [-0.4, -0.2) is 29.4 Å². The molecule has 0 amide bonds. The Kier molecular flexibility index (Phi) is 3.61. The molecule has 2 heterocycles. The van der Waals surface area contributed by atoms with Crippen molar-refractivity contribution >= 4 is 22.3 Å². The van der Waals surface area contributed by atoms with Gasteiger partial charge in [0, 0.05) is 23.2 Å². The Morgan fingerprint density at radius 2 is 1.72 bits per heavy atom. The lowest BCUT2D eigenvalue weighted by molar-refractivity contribution is 0.103. The third-order valence-corrected chi connectivity index (χ3v) is 4.21. The van der Waals surface area contributed by atoms with E-state index in [-0.39, 0.29) is 5.78 Å². The van der Waals surface area contributed by atoms with E-state index in [0.29, 0.717) is 28.4 Å². The van der Waals surface area contributed by atoms with E-state index >= 15 is 0 Å². The minimum atomic E-state index is -0.119. The van der Waals surface area contributed by atoms with Crippen LogP contribution in [0.3, 0.4) is 0 Å². The topological polar surface area (TPSA) is 52.8 Å². The number of carbonyl (C=O) groups excluding carboxylic acids is 1. The number of imidazole rings is 1. The molecular weight excluding hydrogens is 316 g/mol. The van der Waals surface area contributed by atoms with Gasteiger partial charge in [0.1, 0.15) is 28.4 Å². The van der Waals surface area contributed by atoms with E-state index < -0.39 is 0 Å². The molecule has 5 nitrogen and oxygen atoms in total. The number of methoxy groups -OCH3 is 2. The molecule has 0 spiro atoms. The zero-order chi connectivity index (χ0) is 17.4. The summed E-state index contributed by atoms with van der Waals surface area (Å²) in [5.41, 5.74) is 2.44. The highest BCUT2D eigenvalue weighted by molar-refractivity contribution is 6.08. The number of hydrogen-bond acceptors (Lipinski definition) is 4. The average molecular weight is 332 g/mol. The number of ether oxygens (including phenoxy) is 2. The molecule has 0 fully saturated rings. The fourth-order valence-corrected chi connectivity index (χ4v) is 3.02. The van der Waals surface area contributed by atoms with Gasteiger partial charge >= 0.3 is 0 Å². The van der Waals surface area contributed by atoms with E-state index in [1.807, 2.05) is 46.9 Å². The van der Waals surface area contributed by atoms with E-state index in [9.17, 15) is 4.79 Å². The number of ketones is 1. The molecule has 0 bridgehead atoms. The Morgan fingerprint density at radius 1 is 0.960 bits per heavy atom. The van der Waals surface area contributed by atoms with Crippen LogP contribution in [0.1, 0.15) is 16.1 Å². The van der Waals surface area contributed by atoms with Gasteiger partial charge in [-0.3, -0.25) is 9.20 Å². The fraction of sp³-hybridized carbons (Fsp3) is 0.100. The Balaban J connectivity index is 1.99. The number of nitrogens with zero attached hydrogens (tertiary/aromatic N) is 2. The molecule has 25 heavy (non-hydrogen) atoms. The van der Waals surface area contributed by atoms with E-state index in [1.54, 1.807) is 32.5 Å². The van der Waals surface area contributed by atoms with Gasteiger partial charge in [-0.05, 0) is 12.1 Å². The van der Waals surface area contributed by atoms with Crippen LogP contribution in [0, 0.1) is 0 Å². The van der Waals surface area contributed by atoms with Crippen molar-refractivity contribution in [3.63, 3.8) is 0 Å². The number of para-hydroxylation sites is 1. The number of benzene rings is 2. The van der Waals surface area contributed by atoms with Crippen LogP contribution in [-0.2, 0) is 0 Å². The van der Waals surface area contributed by atoms with Gasteiger partial charge in [-0.1, -0.05) is 36.4 Å². The molecule has 0 aliphatic rings. The lowest BCUT2D eigenvalue weighted by Crippen LogP contribution is -2.00. The van der Waals surface area contributed by atoms with Crippen LogP contribution < -0.4 is 9.47 Å². The van der Waals surface area contributed by atoms with Crippen molar-refractivity contribution < 1.29 is 14.3 Å². The van der Waals surface area contributed by atoms with Crippen molar-refractivity contribution in [2.75, 3.05) is 14.2 Å². The highest BCUT2D eigenvalue weighted by Crippen LogP contribution is 2.33. The first-order valence-corrected chi connectivity index (χ1v) is 7.85. The number of carbonyl (C=O) groups is 1. The number of rotatable bonds is 4. The maximum atomic E-state index is 12.7. The molecule has 2 aromatic carbocycles. The first kappa shape index (κ1) is 15.2. The first-order valence-electron chi connectivity index (χ1n) is 7.85. The molecule has 5 heteroatoms. The summed E-state index contributed by atoms with van der Waals surface area (Å²) in [6.07, 6.45) is 1.74. The van der Waals surface area contributed by atoms with Crippen LogP contribution in [0.5, 0.6) is 11.5 Å². The second-order valence-corrected chi connectivity index (χ2v) is 5.62. The van der Waals surface area contributed by atoms with Gasteiger partial charge in [-0.25, -0.2) is 4.98 Å². The molecule has 0 unspecified atom stereocenters. The monoisotopic (exact) mass is 332 g/mol. The van der Waals surface area contributed by atoms with Gasteiger partial charge in [-0.15, -0.1) is 0 Å². The van der Waals surface area contributed by atoms with Crippen LogP contribution in [0.25, 0.3) is 16.6 Å². The van der Waals surface area contributed by atoms with E-state index in [0.717, 1.165) is 10.9 Å². The third kappa shape index (κ3) is 2.41. The highest BCUT2D eigenvalue weighted by atomic mass is 16.5. The van der Waals surface area contributed by atoms with Gasteiger partial charge in [-0.2, -0.15) is 0 Å². The largest absolute Gasteiger partial charge is 0.496 e. The maximum absolute atomic E-state index is 12.7. The van der Waals surface area contributed by atoms with Crippen LogP contribution >= 0.6 is 0 Å². The molecule has 0 saturated heterocycles. The number of fused-ring (bicyclic) bond motifs is 3. The summed E-state index contributed by atoms with van der Waals surface area (Å²) in [5.74, 6) is 1.26. The third-order valence-electron chi connectivity index (χ3n) is 4.21. The van der Waals surface area contributed by atoms with Gasteiger partial charge in [0.05, 0.1) is 14.2 Å². The van der Waals surface area contributed by atoms with E-state index in [4.69, 9.17) is 9.47 Å². The predicted octanol–water partition coefficient (Wildman–Crippen LogP) is 3.74. The van der Waals surface area contributed by atoms with E-state index in [2.05, 4.69) is 4.98 Å². The van der Waals surface area contributed by atoms with Gasteiger partial charge in [0.25, 0.3) is 0 Å². The number of hydrogen-bond donors (Lipinski definition) is 0. The van der Waals surface area contributed by atoms with Gasteiger partial charge in [0.2, 0.25) is 5.78 Å². The Bertz CT molecular complexity index is 1080. The summed E-state index contributed by atoms with van der Waals surface area (Å²) in [6.45, 7) is 0. The van der Waals surface area contributed by atoms with Crippen molar-refractivity contribution in [1.29, 1.82) is 0 Å². The van der Waals surface area contributed by atoms with Crippen LogP contribution in [0.4, 0.5) is 0 Å². The summed E-state index contributed by atoms with van der Waals surface area (Å²) in [6, 6.07) is 16.7. The zero-order valence-electron chi connectivity index (χ0n) is 13.9. The highest BCUT2D eigenvalue weighted by Gasteiger charge is 2.17. The van der Waals surface area contributed by atoms with Crippen molar-refractivity contribution in [3.05, 3.63) is 72.1 Å². The van der Waals surface area contributed by atoms with Crippen molar-refractivity contribution in [1.82, 2.24) is 9.38 Å². The lowest BCUT2D eigenvalue weighted by Gasteiger charge is -2.11. The fourth-order valence-electron chi connectivity index (χ4n) is 3.02. The van der Waals surface area contributed by atoms with Gasteiger partial charge < -0.3 is 9.47 Å². The molecular formula is C20H16N2O3. The first-order chi connectivity index (χ1) is 12.2. The van der Waals surface area contributed by atoms with Crippen molar-refractivity contribution in [2.45, 2.75) is 0 Å². The summed E-state index contributed by atoms with van der Waals surface area (Å²) >= 11 is 0. The smallest absolute Gasteiger partial charge is 0.212 e. The second kappa shape index (κ2) is 5.94. The molecule has 124 valence electrons. The standard InChI is InChI=1S/C20H16N2O3/c1-24-16-10-6-9-14-17(25-2)11-18-21-15(12-22(18)19(14)16)20(23)13-7-4-3-5-8-13/h3-12H,1-2H3. The van der Waals surface area contributed by atoms with Crippen molar-refractivity contribution in [3.8, 4) is 11.5 Å². The molecule has 0 radical (unpaired) electrons. The Morgan fingerprint density at radius 3 is 2.44 bits per heavy atom. The summed E-state index contributed by atoms with van der Waals surface area (Å²) in [7, 11) is 3.23. The summed E-state index contributed by atoms with van der Waals surface area (Å²) in [4.78, 5) is 17.2. The summed E-state index contributed by atoms with van der Waals surface area (Å²) in [5, 5.41) is 0.894. The van der Waals surface area contributed by atoms with Gasteiger partial charge in [0.15, 0.2) is 0 Å². The Hall–Kier alpha value is -3.34. The SMILES string of the molecule is COc1cc2nc(C(=O)c3ccccc3)cn2c2c(OC)cccc12. The second-order valence-electron chi connectivity index (χ2n) is 5.62. The minimum absolute atomic E-state index is 0.119. The number of aromatic nitrogens is 2. The summed E-state index contributed by atoms with van der Waals surface area (Å²) < 4.78 is 12.9. The minimum Gasteiger partial charge on any atom is -0.496 e. The van der Waals surface area contributed by atoms with Crippen LogP contribution in [0.2, 0.25) is 0 Å². The van der Waals surface area contributed by atoms with Crippen LogP contribution in [0.15, 0.2) is 60.8 Å². The Labute approximate surface area is 144 Å². The molecule has 0 aliphatic heterocycles. The molecule has 0 atom stereocenters. The molecule has 0 N–H and O–H groups in total. The molecule has 4 aromatic rings. The van der Waals surface area contributed by atoms with Crippen molar-refractivity contribution in [2.24, 2.45) is 0 Å². The normalized spacial score (nSPS) is 11.0. The lowest BCUT2D eigenvalue weighted by atomic mass is 10.1. The predicted molar refractivity (Wildman–Crippen MR) is 95.7 cm³/mol. The average Bonchev–Trinajstić information content (AvgIpc) is 3.10. The molecule has 0 aliphatic carbocycles. The molecule has 4 rings (SSSR count). The maximum Gasteiger partial charge on any atom is 0.212 e. The zero-order valence-corrected chi connectivity index (χ0v) is 13.9. The molecule has 0 saturated carbocycles. The van der Waals surface area contributed by atoms with E-state index in [1.165, 1.54) is 0 Å².